The van der Waals surface area contributed by atoms with Crippen molar-refractivity contribution in [3.05, 3.63) is 22.7 Å². The van der Waals surface area contributed by atoms with Gasteiger partial charge in [0.15, 0.2) is 0 Å². The number of hydrogen-bond donors (Lipinski definition) is 1. The highest BCUT2D eigenvalue weighted by Gasteiger charge is 2.31. The standard InChI is InChI=1S/C13H15BrN2O3S/c1-19-13-6-5-10(7-11(13)14)20(17,18)16-12-4-2-3-9(12)8-15/h5-7,9,12,16H,2-4H2,1H3. The lowest BCUT2D eigenvalue weighted by atomic mass is 10.1. The number of halogens is 1. The second kappa shape index (κ2) is 6.12. The van der Waals surface area contributed by atoms with Crippen LogP contribution in [0.15, 0.2) is 27.6 Å². The molecule has 0 heterocycles. The molecule has 2 rings (SSSR count). The van der Waals surface area contributed by atoms with Crippen molar-refractivity contribution in [2.75, 3.05) is 7.11 Å². The molecule has 1 aromatic carbocycles. The fourth-order valence-electron chi connectivity index (χ4n) is 2.34. The summed E-state index contributed by atoms with van der Waals surface area (Å²) in [6.45, 7) is 0. The summed E-state index contributed by atoms with van der Waals surface area (Å²) >= 11 is 3.27. The van der Waals surface area contributed by atoms with Gasteiger partial charge in [-0.2, -0.15) is 5.26 Å². The van der Waals surface area contributed by atoms with Gasteiger partial charge in [0.1, 0.15) is 5.75 Å². The zero-order valence-corrected chi connectivity index (χ0v) is 13.4. The average Bonchev–Trinajstić information content (AvgIpc) is 2.85. The second-order valence-electron chi connectivity index (χ2n) is 4.69. The van der Waals surface area contributed by atoms with E-state index >= 15 is 0 Å². The summed E-state index contributed by atoms with van der Waals surface area (Å²) in [4.78, 5) is 0.161. The Balaban J connectivity index is 2.23. The summed E-state index contributed by atoms with van der Waals surface area (Å²) in [5, 5.41) is 9.01. The van der Waals surface area contributed by atoms with Crippen LogP contribution in [0, 0.1) is 17.2 Å². The largest absolute Gasteiger partial charge is 0.496 e. The van der Waals surface area contributed by atoms with Gasteiger partial charge in [0.2, 0.25) is 10.0 Å². The van der Waals surface area contributed by atoms with E-state index in [1.807, 2.05) is 0 Å². The van der Waals surface area contributed by atoms with Gasteiger partial charge < -0.3 is 4.74 Å². The smallest absolute Gasteiger partial charge is 0.240 e. The summed E-state index contributed by atoms with van der Waals surface area (Å²) in [5.41, 5.74) is 0. The van der Waals surface area contributed by atoms with Crippen LogP contribution in [-0.2, 0) is 10.0 Å². The number of nitriles is 1. The fraction of sp³-hybridized carbons (Fsp3) is 0.462. The van der Waals surface area contributed by atoms with Crippen LogP contribution in [0.25, 0.3) is 0 Å². The van der Waals surface area contributed by atoms with E-state index in [-0.39, 0.29) is 16.9 Å². The Hall–Kier alpha value is -1.10. The Morgan fingerprint density at radius 2 is 2.20 bits per heavy atom. The molecule has 0 saturated heterocycles. The average molecular weight is 359 g/mol. The molecule has 1 aliphatic carbocycles. The first kappa shape index (κ1) is 15.3. The quantitative estimate of drug-likeness (QED) is 0.896. The van der Waals surface area contributed by atoms with Crippen LogP contribution in [0.1, 0.15) is 19.3 Å². The minimum atomic E-state index is -3.62. The highest BCUT2D eigenvalue weighted by atomic mass is 79.9. The van der Waals surface area contributed by atoms with Gasteiger partial charge in [-0.05, 0) is 47.0 Å². The zero-order chi connectivity index (χ0) is 14.8. The van der Waals surface area contributed by atoms with E-state index < -0.39 is 10.0 Å². The number of benzene rings is 1. The molecule has 1 aliphatic rings. The van der Waals surface area contributed by atoms with Crippen LogP contribution in [0.2, 0.25) is 0 Å². The van der Waals surface area contributed by atoms with Gasteiger partial charge in [-0.15, -0.1) is 0 Å². The number of nitrogens with one attached hydrogen (secondary N) is 1. The summed E-state index contributed by atoms with van der Waals surface area (Å²) in [6, 6.07) is 6.44. The Morgan fingerprint density at radius 3 is 2.80 bits per heavy atom. The van der Waals surface area contributed by atoms with Crippen molar-refractivity contribution >= 4 is 26.0 Å². The summed E-state index contributed by atoms with van der Waals surface area (Å²) in [6.07, 6.45) is 2.32. The number of sulfonamides is 1. The first-order valence-corrected chi connectivity index (χ1v) is 8.51. The summed E-state index contributed by atoms with van der Waals surface area (Å²) in [5.74, 6) is 0.325. The van der Waals surface area contributed by atoms with Crippen molar-refractivity contribution in [3.63, 3.8) is 0 Å². The highest BCUT2D eigenvalue weighted by Crippen LogP contribution is 2.29. The van der Waals surface area contributed by atoms with E-state index in [4.69, 9.17) is 10.00 Å². The Bertz CT molecular complexity index is 640. The Morgan fingerprint density at radius 1 is 1.45 bits per heavy atom. The third-order valence-corrected chi connectivity index (χ3v) is 5.53. The maximum atomic E-state index is 12.3. The molecule has 20 heavy (non-hydrogen) atoms. The summed E-state index contributed by atoms with van der Waals surface area (Å²) in [7, 11) is -2.10. The number of ether oxygens (including phenoxy) is 1. The molecular weight excluding hydrogens is 344 g/mol. The lowest BCUT2D eigenvalue weighted by molar-refractivity contribution is 0.411. The second-order valence-corrected chi connectivity index (χ2v) is 7.26. The molecular formula is C13H15BrN2O3S. The normalized spacial score (nSPS) is 22.4. The molecule has 2 unspecified atom stereocenters. The van der Waals surface area contributed by atoms with Gasteiger partial charge in [0, 0.05) is 6.04 Å². The van der Waals surface area contributed by atoms with Crippen LogP contribution in [0.5, 0.6) is 5.75 Å². The fourth-order valence-corrected chi connectivity index (χ4v) is 4.37. The van der Waals surface area contributed by atoms with Crippen molar-refractivity contribution in [2.45, 2.75) is 30.2 Å². The first-order chi connectivity index (χ1) is 9.47. The lowest BCUT2D eigenvalue weighted by Crippen LogP contribution is -2.36. The van der Waals surface area contributed by atoms with Crippen molar-refractivity contribution in [3.8, 4) is 11.8 Å². The van der Waals surface area contributed by atoms with E-state index in [1.54, 1.807) is 6.07 Å². The molecule has 108 valence electrons. The number of rotatable bonds is 4. The van der Waals surface area contributed by atoms with Crippen LogP contribution in [-0.4, -0.2) is 21.6 Å². The molecule has 5 nitrogen and oxygen atoms in total. The molecule has 7 heteroatoms. The van der Waals surface area contributed by atoms with E-state index in [2.05, 4.69) is 26.7 Å². The summed E-state index contributed by atoms with van der Waals surface area (Å²) < 4.78 is 32.9. The van der Waals surface area contributed by atoms with Crippen molar-refractivity contribution in [2.24, 2.45) is 5.92 Å². The van der Waals surface area contributed by atoms with Crippen LogP contribution in [0.4, 0.5) is 0 Å². The molecule has 0 bridgehead atoms. The van der Waals surface area contributed by atoms with Gasteiger partial charge in [0.25, 0.3) is 0 Å². The highest BCUT2D eigenvalue weighted by molar-refractivity contribution is 9.10. The third kappa shape index (κ3) is 3.14. The van der Waals surface area contributed by atoms with E-state index in [0.717, 1.165) is 12.8 Å². The maximum absolute atomic E-state index is 12.3. The molecule has 1 aromatic rings. The van der Waals surface area contributed by atoms with Gasteiger partial charge >= 0.3 is 0 Å². The van der Waals surface area contributed by atoms with Gasteiger partial charge in [-0.25, -0.2) is 13.1 Å². The number of methoxy groups -OCH3 is 1. The molecule has 2 atom stereocenters. The molecule has 0 aromatic heterocycles. The predicted octanol–water partition coefficient (Wildman–Crippen LogP) is 2.43. The third-order valence-electron chi connectivity index (χ3n) is 3.42. The van der Waals surface area contributed by atoms with Gasteiger partial charge in [-0.3, -0.25) is 0 Å². The molecule has 0 radical (unpaired) electrons. The SMILES string of the molecule is COc1ccc(S(=O)(=O)NC2CCCC2C#N)cc1Br. The lowest BCUT2D eigenvalue weighted by Gasteiger charge is -2.16. The molecule has 1 fully saturated rings. The topological polar surface area (TPSA) is 79.2 Å². The van der Waals surface area contributed by atoms with Crippen molar-refractivity contribution in [1.29, 1.82) is 5.26 Å². The minimum Gasteiger partial charge on any atom is -0.496 e. The van der Waals surface area contributed by atoms with Gasteiger partial charge in [0.05, 0.1) is 28.5 Å². The Labute approximate surface area is 127 Å². The molecule has 0 aliphatic heterocycles. The molecule has 1 saturated carbocycles. The van der Waals surface area contributed by atoms with Crippen molar-refractivity contribution < 1.29 is 13.2 Å². The van der Waals surface area contributed by atoms with E-state index in [9.17, 15) is 8.42 Å². The van der Waals surface area contributed by atoms with E-state index in [0.29, 0.717) is 16.6 Å². The van der Waals surface area contributed by atoms with E-state index in [1.165, 1.54) is 19.2 Å². The molecule has 0 spiro atoms. The number of nitrogens with zero attached hydrogens (tertiary/aromatic N) is 1. The van der Waals surface area contributed by atoms with Crippen molar-refractivity contribution in [1.82, 2.24) is 4.72 Å². The Kier molecular flexibility index (Phi) is 4.68. The van der Waals surface area contributed by atoms with Crippen LogP contribution in [0.3, 0.4) is 0 Å². The first-order valence-electron chi connectivity index (χ1n) is 6.23. The monoisotopic (exact) mass is 358 g/mol. The van der Waals surface area contributed by atoms with Gasteiger partial charge in [-0.1, -0.05) is 6.42 Å². The number of hydrogen-bond acceptors (Lipinski definition) is 4. The minimum absolute atomic E-state index is 0.161. The zero-order valence-electron chi connectivity index (χ0n) is 11.0. The van der Waals surface area contributed by atoms with Crippen LogP contribution < -0.4 is 9.46 Å². The maximum Gasteiger partial charge on any atom is 0.240 e. The molecule has 1 N–H and O–H groups in total. The molecule has 0 amide bonds. The van der Waals surface area contributed by atoms with Crippen LogP contribution >= 0.6 is 15.9 Å². The predicted molar refractivity (Wildman–Crippen MR) is 77.8 cm³/mol.